The molecule has 0 bridgehead atoms. The molecular formula is C17H20N4O3S. The van der Waals surface area contributed by atoms with Gasteiger partial charge in [0.15, 0.2) is 5.69 Å². The average Bonchev–Trinajstić information content (AvgIpc) is 3.26. The highest BCUT2D eigenvalue weighted by atomic mass is 32.1. The molecule has 132 valence electrons. The third-order valence-electron chi connectivity index (χ3n) is 4.31. The van der Waals surface area contributed by atoms with Crippen molar-refractivity contribution in [2.24, 2.45) is 0 Å². The van der Waals surface area contributed by atoms with Crippen LogP contribution in [0.2, 0.25) is 0 Å². The van der Waals surface area contributed by atoms with Crippen LogP contribution in [0.5, 0.6) is 0 Å². The van der Waals surface area contributed by atoms with Gasteiger partial charge in [-0.2, -0.15) is 8.75 Å². The molecule has 8 heteroatoms. The molecule has 0 aliphatic carbocycles. The summed E-state index contributed by atoms with van der Waals surface area (Å²) in [5.74, 6) is -0.543. The van der Waals surface area contributed by atoms with Crippen molar-refractivity contribution in [2.45, 2.75) is 32.0 Å². The largest absolute Gasteiger partial charge is 0.468 e. The van der Waals surface area contributed by atoms with Gasteiger partial charge in [0.05, 0.1) is 25.0 Å². The van der Waals surface area contributed by atoms with E-state index in [0.29, 0.717) is 25.2 Å². The zero-order valence-corrected chi connectivity index (χ0v) is 15.0. The molecule has 2 heterocycles. The van der Waals surface area contributed by atoms with Gasteiger partial charge in [0.2, 0.25) is 0 Å². The standard InChI is InChI=1S/C17H20N4O3S/c1-11-3-5-12(6-4-11)9-21-10-13(7-15(21)17(23)24-2)19-16(22)14-8-18-25-20-14/h3-6,8,13,15H,7,9-10H2,1-2H3,(H,19,22)/t13-,15+/m1/s1. The van der Waals surface area contributed by atoms with E-state index < -0.39 is 0 Å². The Morgan fingerprint density at radius 1 is 1.36 bits per heavy atom. The maximum atomic E-state index is 12.2. The number of esters is 1. The smallest absolute Gasteiger partial charge is 0.323 e. The van der Waals surface area contributed by atoms with Gasteiger partial charge in [0, 0.05) is 19.1 Å². The molecule has 1 aliphatic heterocycles. The number of amides is 1. The van der Waals surface area contributed by atoms with Crippen LogP contribution in [0.4, 0.5) is 0 Å². The van der Waals surface area contributed by atoms with Crippen molar-refractivity contribution in [2.75, 3.05) is 13.7 Å². The molecule has 2 aromatic rings. The SMILES string of the molecule is COC(=O)[C@@H]1C[C@@H](NC(=O)c2cnsn2)CN1Cc1ccc(C)cc1. The van der Waals surface area contributed by atoms with Crippen LogP contribution in [0.3, 0.4) is 0 Å². The molecule has 0 radical (unpaired) electrons. The van der Waals surface area contributed by atoms with Crippen LogP contribution < -0.4 is 5.32 Å². The first-order chi connectivity index (χ1) is 12.1. The minimum Gasteiger partial charge on any atom is -0.468 e. The molecule has 1 N–H and O–H groups in total. The fourth-order valence-electron chi connectivity index (χ4n) is 3.02. The first kappa shape index (κ1) is 17.5. The van der Waals surface area contributed by atoms with Gasteiger partial charge in [0.25, 0.3) is 5.91 Å². The molecule has 7 nitrogen and oxygen atoms in total. The maximum Gasteiger partial charge on any atom is 0.323 e. The summed E-state index contributed by atoms with van der Waals surface area (Å²) < 4.78 is 12.7. The second-order valence-electron chi connectivity index (χ2n) is 6.15. The lowest BCUT2D eigenvalue weighted by Gasteiger charge is -2.22. The van der Waals surface area contributed by atoms with E-state index >= 15 is 0 Å². The third-order valence-corrected chi connectivity index (χ3v) is 4.79. The van der Waals surface area contributed by atoms with Crippen LogP contribution in [-0.2, 0) is 16.1 Å². The Balaban J connectivity index is 1.68. The molecule has 1 saturated heterocycles. The first-order valence-corrected chi connectivity index (χ1v) is 8.75. The summed E-state index contributed by atoms with van der Waals surface area (Å²) in [4.78, 5) is 26.3. The monoisotopic (exact) mass is 360 g/mol. The summed E-state index contributed by atoms with van der Waals surface area (Å²) in [5.41, 5.74) is 2.61. The van der Waals surface area contributed by atoms with Crippen LogP contribution in [-0.4, -0.2) is 51.3 Å². The maximum absolute atomic E-state index is 12.2. The third kappa shape index (κ3) is 4.21. The number of likely N-dealkylation sites (tertiary alicyclic amines) is 1. The number of aryl methyl sites for hydroxylation is 1. The lowest BCUT2D eigenvalue weighted by Crippen LogP contribution is -2.37. The van der Waals surface area contributed by atoms with Gasteiger partial charge >= 0.3 is 5.97 Å². The van der Waals surface area contributed by atoms with Gasteiger partial charge in [-0.15, -0.1) is 0 Å². The number of benzene rings is 1. The molecule has 2 atom stereocenters. The molecule has 0 saturated carbocycles. The number of ether oxygens (including phenoxy) is 1. The van der Waals surface area contributed by atoms with Gasteiger partial charge in [-0.1, -0.05) is 29.8 Å². The van der Waals surface area contributed by atoms with E-state index in [1.807, 2.05) is 24.0 Å². The van der Waals surface area contributed by atoms with E-state index in [0.717, 1.165) is 17.3 Å². The van der Waals surface area contributed by atoms with Crippen LogP contribution >= 0.6 is 11.7 Å². The van der Waals surface area contributed by atoms with E-state index in [1.54, 1.807) is 0 Å². The number of rotatable bonds is 5. The van der Waals surface area contributed by atoms with Crippen molar-refractivity contribution in [3.05, 3.63) is 47.3 Å². The lowest BCUT2D eigenvalue weighted by atomic mass is 10.1. The second-order valence-corrected chi connectivity index (χ2v) is 6.71. The van der Waals surface area contributed by atoms with Crippen molar-refractivity contribution in [1.82, 2.24) is 19.0 Å². The van der Waals surface area contributed by atoms with Gasteiger partial charge < -0.3 is 10.1 Å². The quantitative estimate of drug-likeness (QED) is 0.811. The second kappa shape index (κ2) is 7.71. The Morgan fingerprint density at radius 2 is 2.12 bits per heavy atom. The summed E-state index contributed by atoms with van der Waals surface area (Å²) in [6, 6.07) is 7.70. The van der Waals surface area contributed by atoms with Crippen molar-refractivity contribution in [1.29, 1.82) is 0 Å². The molecule has 1 aromatic carbocycles. The molecule has 0 spiro atoms. The molecule has 25 heavy (non-hydrogen) atoms. The van der Waals surface area contributed by atoms with Crippen molar-refractivity contribution in [3.63, 3.8) is 0 Å². The Hall–Kier alpha value is -2.32. The molecule has 1 aliphatic rings. The summed E-state index contributed by atoms with van der Waals surface area (Å²) >= 11 is 0.993. The lowest BCUT2D eigenvalue weighted by molar-refractivity contribution is -0.146. The number of nitrogens with zero attached hydrogens (tertiary/aromatic N) is 3. The molecule has 1 fully saturated rings. The van der Waals surface area contributed by atoms with E-state index in [4.69, 9.17) is 4.74 Å². The Bertz CT molecular complexity index is 733. The summed E-state index contributed by atoms with van der Waals surface area (Å²) in [7, 11) is 1.39. The van der Waals surface area contributed by atoms with E-state index in [2.05, 4.69) is 26.2 Å². The van der Waals surface area contributed by atoms with Crippen molar-refractivity contribution < 1.29 is 14.3 Å². The Morgan fingerprint density at radius 3 is 2.76 bits per heavy atom. The van der Waals surface area contributed by atoms with E-state index in [9.17, 15) is 9.59 Å². The summed E-state index contributed by atoms with van der Waals surface area (Å²) in [6.45, 7) is 3.25. The van der Waals surface area contributed by atoms with E-state index in [1.165, 1.54) is 18.9 Å². The Kier molecular flexibility index (Phi) is 5.40. The van der Waals surface area contributed by atoms with Crippen LogP contribution in [0.1, 0.15) is 28.0 Å². The highest BCUT2D eigenvalue weighted by Gasteiger charge is 2.38. The van der Waals surface area contributed by atoms with E-state index in [-0.39, 0.29) is 24.0 Å². The predicted octanol–water partition coefficient (Wildman–Crippen LogP) is 1.39. The fraction of sp³-hybridized carbons (Fsp3) is 0.412. The minimum atomic E-state index is -0.370. The zero-order valence-electron chi connectivity index (χ0n) is 14.1. The minimum absolute atomic E-state index is 0.135. The predicted molar refractivity (Wildman–Crippen MR) is 93.2 cm³/mol. The topological polar surface area (TPSA) is 84.4 Å². The van der Waals surface area contributed by atoms with Gasteiger partial charge in [0.1, 0.15) is 6.04 Å². The highest BCUT2D eigenvalue weighted by molar-refractivity contribution is 6.99. The fourth-order valence-corrected chi connectivity index (χ4v) is 3.43. The normalized spacial score (nSPS) is 20.4. The van der Waals surface area contributed by atoms with Crippen molar-refractivity contribution in [3.8, 4) is 0 Å². The van der Waals surface area contributed by atoms with Crippen LogP contribution in [0.25, 0.3) is 0 Å². The molecule has 1 amide bonds. The van der Waals surface area contributed by atoms with Crippen LogP contribution in [0.15, 0.2) is 30.5 Å². The van der Waals surface area contributed by atoms with Crippen molar-refractivity contribution >= 4 is 23.6 Å². The molecule has 1 aromatic heterocycles. The average molecular weight is 360 g/mol. The highest BCUT2D eigenvalue weighted by Crippen LogP contribution is 2.22. The zero-order chi connectivity index (χ0) is 17.8. The van der Waals surface area contributed by atoms with Crippen LogP contribution in [0, 0.1) is 6.92 Å². The number of methoxy groups -OCH3 is 1. The number of hydrogen-bond donors (Lipinski definition) is 1. The van der Waals surface area contributed by atoms with Gasteiger partial charge in [-0.3, -0.25) is 14.5 Å². The molecule has 0 unspecified atom stereocenters. The number of aromatic nitrogens is 2. The first-order valence-electron chi connectivity index (χ1n) is 8.02. The van der Waals surface area contributed by atoms with Gasteiger partial charge in [-0.05, 0) is 18.9 Å². The number of carbonyl (C=O) groups excluding carboxylic acids is 2. The number of hydrogen-bond acceptors (Lipinski definition) is 7. The van der Waals surface area contributed by atoms with Gasteiger partial charge in [-0.25, -0.2) is 0 Å². The molecule has 3 rings (SSSR count). The summed E-state index contributed by atoms with van der Waals surface area (Å²) in [5, 5.41) is 2.93. The summed E-state index contributed by atoms with van der Waals surface area (Å²) in [6.07, 6.45) is 1.96. The number of nitrogens with one attached hydrogen (secondary N) is 1. The Labute approximate surface area is 150 Å². The molecular weight excluding hydrogens is 340 g/mol. The number of carbonyl (C=O) groups is 2.